The Morgan fingerprint density at radius 2 is 1.42 bits per heavy atom. The first kappa shape index (κ1) is 20.1. The van der Waals surface area contributed by atoms with Crippen LogP contribution in [0.25, 0.3) is 0 Å². The zero-order valence-corrected chi connectivity index (χ0v) is 16.2. The number of amides is 2. The Kier molecular flexibility index (Phi) is 6.89. The summed E-state index contributed by atoms with van der Waals surface area (Å²) in [5.74, 6) is -0.115. The average Bonchev–Trinajstić information content (AvgIpc) is 2.58. The third-order valence-electron chi connectivity index (χ3n) is 3.51. The molecule has 0 spiro atoms. The fourth-order valence-corrected chi connectivity index (χ4v) is 2.44. The summed E-state index contributed by atoms with van der Waals surface area (Å²) in [6.45, 7) is 5.26. The van der Waals surface area contributed by atoms with Crippen molar-refractivity contribution in [1.82, 2.24) is 0 Å². The van der Waals surface area contributed by atoms with Crippen molar-refractivity contribution in [1.29, 1.82) is 0 Å². The van der Waals surface area contributed by atoms with Gasteiger partial charge in [-0.1, -0.05) is 37.0 Å². The van der Waals surface area contributed by atoms with Crippen LogP contribution in [0.4, 0.5) is 11.4 Å². The quantitative estimate of drug-likeness (QED) is 0.724. The first-order valence-electron chi connectivity index (χ1n) is 8.09. The molecule has 0 radical (unpaired) electrons. The lowest BCUT2D eigenvalue weighted by molar-refractivity contribution is -0.122. The van der Waals surface area contributed by atoms with Crippen molar-refractivity contribution in [2.75, 3.05) is 10.6 Å². The molecular formula is C19H20Cl2N2O3. The van der Waals surface area contributed by atoms with Crippen LogP contribution in [0.1, 0.15) is 20.8 Å². The Hall–Kier alpha value is -2.24. The average molecular weight is 395 g/mol. The molecule has 2 aromatic carbocycles. The summed E-state index contributed by atoms with van der Waals surface area (Å²) >= 11 is 11.9. The van der Waals surface area contributed by atoms with Crippen LogP contribution >= 0.6 is 23.2 Å². The van der Waals surface area contributed by atoms with Gasteiger partial charge in [0.2, 0.25) is 5.91 Å². The van der Waals surface area contributed by atoms with Crippen molar-refractivity contribution < 1.29 is 14.3 Å². The van der Waals surface area contributed by atoms with Gasteiger partial charge < -0.3 is 15.4 Å². The van der Waals surface area contributed by atoms with Gasteiger partial charge in [0.1, 0.15) is 5.75 Å². The predicted octanol–water partition coefficient (Wildman–Crippen LogP) is 4.99. The molecule has 0 saturated heterocycles. The number of halogens is 2. The zero-order valence-electron chi connectivity index (χ0n) is 14.7. The maximum absolute atomic E-state index is 12.3. The van der Waals surface area contributed by atoms with E-state index in [2.05, 4.69) is 10.6 Å². The zero-order chi connectivity index (χ0) is 19.3. The minimum Gasteiger partial charge on any atom is -0.479 e. The van der Waals surface area contributed by atoms with E-state index in [1.807, 2.05) is 13.8 Å². The molecule has 0 aliphatic carbocycles. The van der Waals surface area contributed by atoms with Crippen molar-refractivity contribution in [2.24, 2.45) is 5.92 Å². The van der Waals surface area contributed by atoms with Crippen molar-refractivity contribution in [3.05, 3.63) is 52.5 Å². The Balaban J connectivity index is 1.95. The van der Waals surface area contributed by atoms with Gasteiger partial charge in [0.25, 0.3) is 5.91 Å². The summed E-state index contributed by atoms with van der Waals surface area (Å²) < 4.78 is 5.58. The minimum absolute atomic E-state index is 0.0661. The second kappa shape index (κ2) is 8.92. The van der Waals surface area contributed by atoms with Gasteiger partial charge in [-0.05, 0) is 49.4 Å². The molecule has 26 heavy (non-hydrogen) atoms. The summed E-state index contributed by atoms with van der Waals surface area (Å²) in [7, 11) is 0. The van der Waals surface area contributed by atoms with Crippen molar-refractivity contribution >= 4 is 46.4 Å². The summed E-state index contributed by atoms with van der Waals surface area (Å²) in [6, 6.07) is 11.6. The number of rotatable bonds is 6. The molecule has 138 valence electrons. The van der Waals surface area contributed by atoms with Crippen LogP contribution in [0.2, 0.25) is 10.0 Å². The van der Waals surface area contributed by atoms with E-state index in [9.17, 15) is 9.59 Å². The van der Waals surface area contributed by atoms with Crippen LogP contribution in [-0.2, 0) is 9.59 Å². The Labute approximate surface area is 162 Å². The van der Waals surface area contributed by atoms with Crippen molar-refractivity contribution in [2.45, 2.75) is 26.9 Å². The monoisotopic (exact) mass is 394 g/mol. The van der Waals surface area contributed by atoms with E-state index < -0.39 is 6.10 Å². The van der Waals surface area contributed by atoms with E-state index in [0.29, 0.717) is 27.2 Å². The molecular weight excluding hydrogens is 375 g/mol. The molecule has 7 heteroatoms. The molecule has 2 aromatic rings. The van der Waals surface area contributed by atoms with Crippen LogP contribution < -0.4 is 15.4 Å². The van der Waals surface area contributed by atoms with Gasteiger partial charge in [0.15, 0.2) is 6.10 Å². The van der Waals surface area contributed by atoms with Crippen molar-refractivity contribution in [3.63, 3.8) is 0 Å². The number of hydrogen-bond donors (Lipinski definition) is 2. The highest BCUT2D eigenvalue weighted by Gasteiger charge is 2.16. The highest BCUT2D eigenvalue weighted by molar-refractivity contribution is 6.35. The number of anilines is 2. The summed E-state index contributed by atoms with van der Waals surface area (Å²) in [5, 5.41) is 6.36. The second-order valence-electron chi connectivity index (χ2n) is 6.05. The summed E-state index contributed by atoms with van der Waals surface area (Å²) in [4.78, 5) is 23.9. The van der Waals surface area contributed by atoms with Gasteiger partial charge in [-0.3, -0.25) is 9.59 Å². The minimum atomic E-state index is -0.756. The van der Waals surface area contributed by atoms with Crippen LogP contribution in [0.5, 0.6) is 5.75 Å². The maximum Gasteiger partial charge on any atom is 0.265 e. The predicted molar refractivity (Wildman–Crippen MR) is 105 cm³/mol. The fourth-order valence-electron chi connectivity index (χ4n) is 1.98. The summed E-state index contributed by atoms with van der Waals surface area (Å²) in [6.07, 6.45) is -0.756. The van der Waals surface area contributed by atoms with E-state index in [1.54, 1.807) is 49.4 Å². The molecule has 0 bridgehead atoms. The molecule has 0 unspecified atom stereocenters. The molecule has 0 aliphatic heterocycles. The van der Waals surface area contributed by atoms with Crippen LogP contribution in [0.15, 0.2) is 42.5 Å². The molecule has 2 N–H and O–H groups in total. The molecule has 2 rings (SSSR count). The van der Waals surface area contributed by atoms with Gasteiger partial charge in [-0.25, -0.2) is 0 Å². The van der Waals surface area contributed by atoms with Crippen LogP contribution in [0.3, 0.4) is 0 Å². The molecule has 2 amide bonds. The first-order valence-corrected chi connectivity index (χ1v) is 8.85. The fraction of sp³-hybridized carbons (Fsp3) is 0.263. The number of ether oxygens (including phenoxy) is 1. The van der Waals surface area contributed by atoms with E-state index in [0.717, 1.165) is 0 Å². The standard InChI is InChI=1S/C19H20Cl2N2O3/c1-11(2)18(24)22-14-5-7-15(8-6-14)23-19(25)12(3)26-17-9-4-13(20)10-16(17)21/h4-12H,1-3H3,(H,22,24)(H,23,25)/t12-/m0/s1. The largest absolute Gasteiger partial charge is 0.479 e. The normalized spacial score (nSPS) is 11.8. The Bertz CT molecular complexity index is 792. The topological polar surface area (TPSA) is 67.4 Å². The number of benzene rings is 2. The van der Waals surface area contributed by atoms with Gasteiger partial charge in [-0.2, -0.15) is 0 Å². The first-order chi connectivity index (χ1) is 12.3. The van der Waals surface area contributed by atoms with Gasteiger partial charge in [0, 0.05) is 22.3 Å². The van der Waals surface area contributed by atoms with Crippen LogP contribution in [-0.4, -0.2) is 17.9 Å². The molecule has 5 nitrogen and oxygen atoms in total. The smallest absolute Gasteiger partial charge is 0.265 e. The number of carbonyl (C=O) groups is 2. The third-order valence-corrected chi connectivity index (χ3v) is 4.04. The van der Waals surface area contributed by atoms with E-state index in [1.165, 1.54) is 0 Å². The lowest BCUT2D eigenvalue weighted by Crippen LogP contribution is -2.30. The van der Waals surface area contributed by atoms with Crippen molar-refractivity contribution in [3.8, 4) is 5.75 Å². The molecule has 1 atom stereocenters. The third kappa shape index (κ3) is 5.64. The molecule has 0 aliphatic rings. The molecule has 0 heterocycles. The van der Waals surface area contributed by atoms with E-state index in [-0.39, 0.29) is 17.7 Å². The highest BCUT2D eigenvalue weighted by Crippen LogP contribution is 2.28. The van der Waals surface area contributed by atoms with E-state index >= 15 is 0 Å². The van der Waals surface area contributed by atoms with Gasteiger partial charge >= 0.3 is 0 Å². The Morgan fingerprint density at radius 1 is 0.885 bits per heavy atom. The molecule has 0 saturated carbocycles. The number of hydrogen-bond acceptors (Lipinski definition) is 3. The van der Waals surface area contributed by atoms with Gasteiger partial charge in [-0.15, -0.1) is 0 Å². The maximum atomic E-state index is 12.3. The summed E-state index contributed by atoms with van der Waals surface area (Å²) in [5.41, 5.74) is 1.26. The second-order valence-corrected chi connectivity index (χ2v) is 6.89. The Morgan fingerprint density at radius 3 is 1.92 bits per heavy atom. The van der Waals surface area contributed by atoms with E-state index in [4.69, 9.17) is 27.9 Å². The lowest BCUT2D eigenvalue weighted by atomic mass is 10.2. The molecule has 0 aromatic heterocycles. The van der Waals surface area contributed by atoms with Gasteiger partial charge in [0.05, 0.1) is 5.02 Å². The molecule has 0 fully saturated rings. The number of nitrogens with one attached hydrogen (secondary N) is 2. The van der Waals surface area contributed by atoms with Crippen LogP contribution in [0, 0.1) is 5.92 Å². The number of carbonyl (C=O) groups excluding carboxylic acids is 2. The highest BCUT2D eigenvalue weighted by atomic mass is 35.5. The lowest BCUT2D eigenvalue weighted by Gasteiger charge is -2.16. The SMILES string of the molecule is CC(C)C(=O)Nc1ccc(NC(=O)[C@H](C)Oc2ccc(Cl)cc2Cl)cc1.